The van der Waals surface area contributed by atoms with Gasteiger partial charge in [-0.25, -0.2) is 13.1 Å². The van der Waals surface area contributed by atoms with Crippen molar-refractivity contribution in [2.75, 3.05) is 12.3 Å². The SMILES string of the molecule is Nc1ccccc1S(=O)(=O)NCCCn1ccnn1. The largest absolute Gasteiger partial charge is 0.398 e. The molecule has 3 N–H and O–H groups in total. The maximum atomic E-state index is 12.0. The number of hydrogen-bond donors (Lipinski definition) is 2. The van der Waals surface area contributed by atoms with Gasteiger partial charge in [-0.15, -0.1) is 5.10 Å². The maximum Gasteiger partial charge on any atom is 0.242 e. The van der Waals surface area contributed by atoms with Gasteiger partial charge < -0.3 is 5.73 Å². The molecule has 0 amide bonds. The van der Waals surface area contributed by atoms with Crippen LogP contribution in [0.2, 0.25) is 0 Å². The van der Waals surface area contributed by atoms with Gasteiger partial charge in [-0.05, 0) is 18.6 Å². The number of para-hydroxylation sites is 1. The van der Waals surface area contributed by atoms with Crippen molar-refractivity contribution in [3.05, 3.63) is 36.7 Å². The van der Waals surface area contributed by atoms with Crippen LogP contribution in [0.25, 0.3) is 0 Å². The second kappa shape index (κ2) is 5.81. The molecule has 102 valence electrons. The summed E-state index contributed by atoms with van der Waals surface area (Å²) in [6, 6.07) is 6.37. The normalized spacial score (nSPS) is 11.6. The molecule has 0 aliphatic rings. The summed E-state index contributed by atoms with van der Waals surface area (Å²) in [5.41, 5.74) is 5.89. The predicted octanol–water partition coefficient (Wildman–Crippen LogP) is 0.229. The minimum Gasteiger partial charge on any atom is -0.398 e. The van der Waals surface area contributed by atoms with Gasteiger partial charge in [-0.3, -0.25) is 4.68 Å². The number of aryl methyl sites for hydroxylation is 1. The van der Waals surface area contributed by atoms with E-state index in [1.54, 1.807) is 35.3 Å². The topological polar surface area (TPSA) is 103 Å². The third-order valence-corrected chi connectivity index (χ3v) is 4.07. The Kier molecular flexibility index (Phi) is 4.13. The number of hydrogen-bond acceptors (Lipinski definition) is 5. The first-order valence-electron chi connectivity index (χ1n) is 5.78. The van der Waals surface area contributed by atoms with Crippen LogP contribution >= 0.6 is 0 Å². The van der Waals surface area contributed by atoms with Crippen molar-refractivity contribution >= 4 is 15.7 Å². The van der Waals surface area contributed by atoms with Crippen LogP contribution in [0.15, 0.2) is 41.6 Å². The second-order valence-corrected chi connectivity index (χ2v) is 5.69. The Morgan fingerprint density at radius 2 is 2.11 bits per heavy atom. The number of benzene rings is 1. The molecule has 0 saturated heterocycles. The van der Waals surface area contributed by atoms with E-state index in [4.69, 9.17) is 5.73 Å². The van der Waals surface area contributed by atoms with E-state index in [2.05, 4.69) is 15.0 Å². The van der Waals surface area contributed by atoms with Crippen molar-refractivity contribution in [2.24, 2.45) is 0 Å². The molecule has 1 aromatic carbocycles. The molecule has 0 aliphatic heterocycles. The Balaban J connectivity index is 1.90. The first kappa shape index (κ1) is 13.5. The molecule has 0 unspecified atom stereocenters. The Bertz CT molecular complexity index is 624. The van der Waals surface area contributed by atoms with Crippen LogP contribution in [0.5, 0.6) is 0 Å². The molecule has 1 heterocycles. The van der Waals surface area contributed by atoms with Gasteiger partial charge in [0.05, 0.1) is 11.9 Å². The summed E-state index contributed by atoms with van der Waals surface area (Å²) in [4.78, 5) is 0.107. The molecule has 0 atom stereocenters. The van der Waals surface area contributed by atoms with E-state index in [0.29, 0.717) is 19.5 Å². The molecule has 0 bridgehead atoms. The van der Waals surface area contributed by atoms with Crippen molar-refractivity contribution < 1.29 is 8.42 Å². The summed E-state index contributed by atoms with van der Waals surface area (Å²) in [6.45, 7) is 0.920. The summed E-state index contributed by atoms with van der Waals surface area (Å²) in [5.74, 6) is 0. The van der Waals surface area contributed by atoms with E-state index >= 15 is 0 Å². The van der Waals surface area contributed by atoms with Crippen LogP contribution in [0.1, 0.15) is 6.42 Å². The van der Waals surface area contributed by atoms with E-state index in [-0.39, 0.29) is 10.6 Å². The van der Waals surface area contributed by atoms with Gasteiger partial charge >= 0.3 is 0 Å². The number of aromatic nitrogens is 3. The molecular weight excluding hydrogens is 266 g/mol. The fraction of sp³-hybridized carbons (Fsp3) is 0.273. The molecule has 0 saturated carbocycles. The monoisotopic (exact) mass is 281 g/mol. The van der Waals surface area contributed by atoms with Gasteiger partial charge in [0.15, 0.2) is 0 Å². The van der Waals surface area contributed by atoms with Crippen molar-refractivity contribution in [3.63, 3.8) is 0 Å². The zero-order chi connectivity index (χ0) is 13.7. The first-order chi connectivity index (χ1) is 9.09. The third-order valence-electron chi connectivity index (χ3n) is 2.54. The van der Waals surface area contributed by atoms with E-state index in [1.165, 1.54) is 6.07 Å². The molecule has 0 spiro atoms. The average Bonchev–Trinajstić information content (AvgIpc) is 2.88. The summed E-state index contributed by atoms with van der Waals surface area (Å²) in [6.07, 6.45) is 3.92. The minimum atomic E-state index is -3.55. The van der Waals surface area contributed by atoms with Crippen molar-refractivity contribution in [3.8, 4) is 0 Å². The molecule has 1 aromatic heterocycles. The van der Waals surface area contributed by atoms with Crippen LogP contribution in [0, 0.1) is 0 Å². The highest BCUT2D eigenvalue weighted by Gasteiger charge is 2.15. The standard InChI is InChI=1S/C11H15N5O2S/c12-10-4-1-2-5-11(10)19(17,18)14-6-3-8-16-9-7-13-15-16/h1-2,4-5,7,9,14H,3,6,8,12H2. The number of rotatable bonds is 6. The van der Waals surface area contributed by atoms with Crippen LogP contribution in [-0.2, 0) is 16.6 Å². The highest BCUT2D eigenvalue weighted by atomic mass is 32.2. The van der Waals surface area contributed by atoms with Crippen LogP contribution in [0.3, 0.4) is 0 Å². The van der Waals surface area contributed by atoms with Gasteiger partial charge in [-0.1, -0.05) is 17.3 Å². The molecule has 19 heavy (non-hydrogen) atoms. The highest BCUT2D eigenvalue weighted by Crippen LogP contribution is 2.16. The Morgan fingerprint density at radius 1 is 1.32 bits per heavy atom. The predicted molar refractivity (Wildman–Crippen MR) is 70.7 cm³/mol. The first-order valence-corrected chi connectivity index (χ1v) is 7.26. The third kappa shape index (κ3) is 3.52. The average molecular weight is 281 g/mol. The maximum absolute atomic E-state index is 12.0. The van der Waals surface area contributed by atoms with Crippen molar-refractivity contribution in [2.45, 2.75) is 17.9 Å². The highest BCUT2D eigenvalue weighted by molar-refractivity contribution is 7.89. The van der Waals surface area contributed by atoms with Gasteiger partial charge in [-0.2, -0.15) is 0 Å². The summed E-state index contributed by atoms with van der Waals surface area (Å²) in [7, 11) is -3.55. The fourth-order valence-electron chi connectivity index (χ4n) is 1.60. The summed E-state index contributed by atoms with van der Waals surface area (Å²) in [5, 5.41) is 7.46. The van der Waals surface area contributed by atoms with E-state index in [1.807, 2.05) is 0 Å². The van der Waals surface area contributed by atoms with Crippen LogP contribution < -0.4 is 10.5 Å². The van der Waals surface area contributed by atoms with Gasteiger partial charge in [0.2, 0.25) is 10.0 Å². The van der Waals surface area contributed by atoms with E-state index in [9.17, 15) is 8.42 Å². The number of nitrogens with two attached hydrogens (primary N) is 1. The molecule has 0 aliphatic carbocycles. The molecule has 0 fully saturated rings. The lowest BCUT2D eigenvalue weighted by molar-refractivity contribution is 0.542. The van der Waals surface area contributed by atoms with E-state index < -0.39 is 10.0 Å². The lowest BCUT2D eigenvalue weighted by Crippen LogP contribution is -2.26. The molecule has 8 heteroatoms. The number of nitrogen functional groups attached to an aromatic ring is 1. The second-order valence-electron chi connectivity index (χ2n) is 3.96. The van der Waals surface area contributed by atoms with Crippen molar-refractivity contribution in [1.29, 1.82) is 0 Å². The van der Waals surface area contributed by atoms with Crippen molar-refractivity contribution in [1.82, 2.24) is 19.7 Å². The van der Waals surface area contributed by atoms with Crippen LogP contribution in [-0.4, -0.2) is 30.0 Å². The van der Waals surface area contributed by atoms with Gasteiger partial charge in [0.1, 0.15) is 4.90 Å². The molecule has 0 radical (unpaired) electrons. The minimum absolute atomic E-state index is 0.107. The number of anilines is 1. The molecule has 2 rings (SSSR count). The smallest absolute Gasteiger partial charge is 0.242 e. The molecule has 7 nitrogen and oxygen atoms in total. The summed E-state index contributed by atoms with van der Waals surface area (Å²) < 4.78 is 28.1. The lowest BCUT2D eigenvalue weighted by Gasteiger charge is -2.08. The van der Waals surface area contributed by atoms with Gasteiger partial charge in [0, 0.05) is 19.3 Å². The zero-order valence-electron chi connectivity index (χ0n) is 10.2. The number of nitrogens with one attached hydrogen (secondary N) is 1. The molecular formula is C11H15N5O2S. The Labute approximate surface area is 111 Å². The zero-order valence-corrected chi connectivity index (χ0v) is 11.0. The number of nitrogens with zero attached hydrogens (tertiary/aromatic N) is 3. The van der Waals surface area contributed by atoms with Gasteiger partial charge in [0.25, 0.3) is 0 Å². The molecule has 2 aromatic rings. The Morgan fingerprint density at radius 3 is 2.79 bits per heavy atom. The lowest BCUT2D eigenvalue weighted by atomic mass is 10.3. The van der Waals surface area contributed by atoms with E-state index in [0.717, 1.165) is 0 Å². The summed E-state index contributed by atoms with van der Waals surface area (Å²) >= 11 is 0. The fourth-order valence-corrected chi connectivity index (χ4v) is 2.81. The quantitative estimate of drug-likeness (QED) is 0.583. The van der Waals surface area contributed by atoms with Crippen LogP contribution in [0.4, 0.5) is 5.69 Å². The number of sulfonamides is 1. The Hall–Kier alpha value is -1.93.